The predicted octanol–water partition coefficient (Wildman–Crippen LogP) is 1.96. The van der Waals surface area contributed by atoms with Gasteiger partial charge in [-0.25, -0.2) is 0 Å². The molecule has 0 spiro atoms. The maximum Gasteiger partial charge on any atom is 0.253 e. The lowest BCUT2D eigenvalue weighted by atomic mass is 10.1. The summed E-state index contributed by atoms with van der Waals surface area (Å²) in [4.78, 5) is 24.3. The minimum absolute atomic E-state index is 0.0675. The summed E-state index contributed by atoms with van der Waals surface area (Å²) >= 11 is 0. The smallest absolute Gasteiger partial charge is 0.253 e. The molecule has 2 rings (SSSR count). The van der Waals surface area contributed by atoms with Gasteiger partial charge in [-0.05, 0) is 25.0 Å². The Labute approximate surface area is 136 Å². The van der Waals surface area contributed by atoms with Crippen molar-refractivity contribution in [1.29, 1.82) is 0 Å². The number of hydrogen-bond donors (Lipinski definition) is 2. The lowest BCUT2D eigenvalue weighted by Crippen LogP contribution is -2.33. The van der Waals surface area contributed by atoms with E-state index in [1.165, 1.54) is 0 Å². The van der Waals surface area contributed by atoms with E-state index in [1.807, 2.05) is 0 Å². The number of methoxy groups -OCH3 is 1. The second-order valence-corrected chi connectivity index (χ2v) is 5.59. The number of carbonyl (C=O) groups is 2. The number of ether oxygens (including phenoxy) is 2. The highest BCUT2D eigenvalue weighted by Gasteiger charge is 2.20. The summed E-state index contributed by atoms with van der Waals surface area (Å²) in [7, 11) is 1.57. The summed E-state index contributed by atoms with van der Waals surface area (Å²) in [6.07, 6.45) is 4.35. The van der Waals surface area contributed by atoms with Crippen LogP contribution < -0.4 is 10.6 Å². The van der Waals surface area contributed by atoms with Crippen LogP contribution in [0.25, 0.3) is 0 Å². The topological polar surface area (TPSA) is 76.7 Å². The minimum atomic E-state index is -0.290. The molecule has 0 aliphatic heterocycles. The second kappa shape index (κ2) is 9.27. The predicted molar refractivity (Wildman–Crippen MR) is 87.5 cm³/mol. The molecule has 23 heavy (non-hydrogen) atoms. The largest absolute Gasteiger partial charge is 0.382 e. The SMILES string of the molecule is COCCOCC(=O)Nc1ccccc1C(=O)NC1CCCC1. The summed E-state index contributed by atoms with van der Waals surface area (Å²) in [5.41, 5.74) is 0.980. The number of amides is 2. The highest BCUT2D eigenvalue weighted by molar-refractivity contribution is 6.04. The number of hydrogen-bond acceptors (Lipinski definition) is 4. The Bertz CT molecular complexity index is 527. The zero-order valence-corrected chi connectivity index (χ0v) is 13.5. The quantitative estimate of drug-likeness (QED) is 0.718. The van der Waals surface area contributed by atoms with Gasteiger partial charge < -0.3 is 20.1 Å². The first-order chi connectivity index (χ1) is 11.2. The van der Waals surface area contributed by atoms with Crippen molar-refractivity contribution in [3.63, 3.8) is 0 Å². The molecule has 2 N–H and O–H groups in total. The van der Waals surface area contributed by atoms with E-state index in [-0.39, 0.29) is 24.5 Å². The standard InChI is InChI=1S/C17H24N2O4/c1-22-10-11-23-12-16(20)19-15-9-5-4-8-14(15)17(21)18-13-6-2-3-7-13/h4-5,8-9,13H,2-3,6-7,10-12H2,1H3,(H,18,21)(H,19,20). The fraction of sp³-hybridized carbons (Fsp3) is 0.529. The Morgan fingerprint density at radius 3 is 2.65 bits per heavy atom. The molecule has 0 atom stereocenters. The molecule has 1 saturated carbocycles. The van der Waals surface area contributed by atoms with Crippen molar-refractivity contribution >= 4 is 17.5 Å². The average Bonchev–Trinajstić information content (AvgIpc) is 3.05. The third kappa shape index (κ3) is 5.65. The van der Waals surface area contributed by atoms with E-state index < -0.39 is 0 Å². The number of rotatable bonds is 8. The maximum atomic E-state index is 12.4. The summed E-state index contributed by atoms with van der Waals surface area (Å²) in [5.74, 6) is -0.435. The Morgan fingerprint density at radius 2 is 1.91 bits per heavy atom. The molecule has 1 aromatic rings. The Hall–Kier alpha value is -1.92. The molecular weight excluding hydrogens is 296 g/mol. The van der Waals surface area contributed by atoms with Crippen LogP contribution in [-0.4, -0.2) is 44.8 Å². The van der Waals surface area contributed by atoms with Crippen molar-refractivity contribution in [1.82, 2.24) is 5.32 Å². The summed E-state index contributed by atoms with van der Waals surface area (Å²) < 4.78 is 10.0. The van der Waals surface area contributed by atoms with Crippen LogP contribution in [0, 0.1) is 0 Å². The summed E-state index contributed by atoms with van der Waals surface area (Å²) in [6.45, 7) is 0.726. The zero-order chi connectivity index (χ0) is 16.5. The molecule has 6 heteroatoms. The van der Waals surface area contributed by atoms with E-state index in [1.54, 1.807) is 31.4 Å². The molecule has 0 radical (unpaired) electrons. The molecule has 1 aliphatic rings. The van der Waals surface area contributed by atoms with Gasteiger partial charge in [0.15, 0.2) is 0 Å². The van der Waals surface area contributed by atoms with E-state index in [9.17, 15) is 9.59 Å². The van der Waals surface area contributed by atoms with Crippen LogP contribution in [-0.2, 0) is 14.3 Å². The number of benzene rings is 1. The van der Waals surface area contributed by atoms with Crippen molar-refractivity contribution in [2.75, 3.05) is 32.2 Å². The number of nitrogens with one attached hydrogen (secondary N) is 2. The van der Waals surface area contributed by atoms with Gasteiger partial charge in [-0.2, -0.15) is 0 Å². The van der Waals surface area contributed by atoms with Gasteiger partial charge in [-0.15, -0.1) is 0 Å². The monoisotopic (exact) mass is 320 g/mol. The first-order valence-corrected chi connectivity index (χ1v) is 7.97. The summed E-state index contributed by atoms with van der Waals surface area (Å²) in [5, 5.41) is 5.76. The number of para-hydroxylation sites is 1. The van der Waals surface area contributed by atoms with E-state index in [4.69, 9.17) is 9.47 Å². The van der Waals surface area contributed by atoms with Crippen molar-refractivity contribution in [3.05, 3.63) is 29.8 Å². The van der Waals surface area contributed by atoms with Crippen molar-refractivity contribution < 1.29 is 19.1 Å². The highest BCUT2D eigenvalue weighted by Crippen LogP contribution is 2.20. The van der Waals surface area contributed by atoms with Crippen LogP contribution in [0.1, 0.15) is 36.0 Å². The number of anilines is 1. The lowest BCUT2D eigenvalue weighted by Gasteiger charge is -2.15. The summed E-state index contributed by atoms with van der Waals surface area (Å²) in [6, 6.07) is 7.24. The van der Waals surface area contributed by atoms with Crippen molar-refractivity contribution in [2.45, 2.75) is 31.7 Å². The molecule has 6 nitrogen and oxygen atoms in total. The molecule has 1 aliphatic carbocycles. The van der Waals surface area contributed by atoms with E-state index in [2.05, 4.69) is 10.6 Å². The van der Waals surface area contributed by atoms with E-state index in [0.717, 1.165) is 25.7 Å². The third-order valence-corrected chi connectivity index (χ3v) is 3.80. The highest BCUT2D eigenvalue weighted by atomic mass is 16.5. The molecule has 2 amide bonds. The van der Waals surface area contributed by atoms with Crippen LogP contribution in [0.15, 0.2) is 24.3 Å². The van der Waals surface area contributed by atoms with Gasteiger partial charge in [-0.3, -0.25) is 9.59 Å². The van der Waals surface area contributed by atoms with Gasteiger partial charge in [0.1, 0.15) is 6.61 Å². The minimum Gasteiger partial charge on any atom is -0.382 e. The van der Waals surface area contributed by atoms with E-state index >= 15 is 0 Å². The molecule has 0 saturated heterocycles. The van der Waals surface area contributed by atoms with Gasteiger partial charge in [-0.1, -0.05) is 25.0 Å². The van der Waals surface area contributed by atoms with Crippen molar-refractivity contribution in [2.24, 2.45) is 0 Å². The lowest BCUT2D eigenvalue weighted by molar-refractivity contribution is -0.121. The molecule has 1 fully saturated rings. The third-order valence-electron chi connectivity index (χ3n) is 3.80. The molecule has 0 unspecified atom stereocenters. The molecule has 0 bridgehead atoms. The molecular formula is C17H24N2O4. The van der Waals surface area contributed by atoms with Gasteiger partial charge in [0.25, 0.3) is 5.91 Å². The van der Waals surface area contributed by atoms with Gasteiger partial charge in [0.05, 0.1) is 24.5 Å². The maximum absolute atomic E-state index is 12.4. The first-order valence-electron chi connectivity index (χ1n) is 7.97. The van der Waals surface area contributed by atoms with Crippen LogP contribution in [0.2, 0.25) is 0 Å². The normalized spacial score (nSPS) is 14.7. The van der Waals surface area contributed by atoms with Crippen LogP contribution in [0.3, 0.4) is 0 Å². The van der Waals surface area contributed by atoms with E-state index in [0.29, 0.717) is 24.5 Å². The van der Waals surface area contributed by atoms with Gasteiger partial charge in [0.2, 0.25) is 5.91 Å². The molecule has 1 aromatic carbocycles. The fourth-order valence-electron chi connectivity index (χ4n) is 2.62. The molecule has 0 heterocycles. The first kappa shape index (κ1) is 17.4. The number of carbonyl (C=O) groups excluding carboxylic acids is 2. The Kier molecular flexibility index (Phi) is 7.03. The fourth-order valence-corrected chi connectivity index (χ4v) is 2.62. The van der Waals surface area contributed by atoms with Crippen molar-refractivity contribution in [3.8, 4) is 0 Å². The van der Waals surface area contributed by atoms with Crippen LogP contribution in [0.5, 0.6) is 0 Å². The van der Waals surface area contributed by atoms with Crippen LogP contribution in [0.4, 0.5) is 5.69 Å². The van der Waals surface area contributed by atoms with Crippen LogP contribution >= 0.6 is 0 Å². The van der Waals surface area contributed by atoms with Gasteiger partial charge >= 0.3 is 0 Å². The zero-order valence-electron chi connectivity index (χ0n) is 13.5. The average molecular weight is 320 g/mol. The van der Waals surface area contributed by atoms with Gasteiger partial charge in [0, 0.05) is 13.2 Å². The molecule has 0 aromatic heterocycles. The second-order valence-electron chi connectivity index (χ2n) is 5.59. The Balaban J connectivity index is 1.91. The molecule has 126 valence electrons. The Morgan fingerprint density at radius 1 is 1.17 bits per heavy atom.